The van der Waals surface area contributed by atoms with Gasteiger partial charge in [-0.2, -0.15) is 0 Å². The molecule has 6 nitrogen and oxygen atoms in total. The highest BCUT2D eigenvalue weighted by molar-refractivity contribution is 5.97. The summed E-state index contributed by atoms with van der Waals surface area (Å²) in [6.07, 6.45) is 0. The molecule has 132 valence electrons. The summed E-state index contributed by atoms with van der Waals surface area (Å²) in [5.41, 5.74) is 1.23. The van der Waals surface area contributed by atoms with Gasteiger partial charge in [0, 0.05) is 49.5 Å². The van der Waals surface area contributed by atoms with Crippen LogP contribution in [0.1, 0.15) is 38.1 Å². The molecule has 2 N–H and O–H groups in total. The van der Waals surface area contributed by atoms with Gasteiger partial charge in [-0.15, -0.1) is 0 Å². The van der Waals surface area contributed by atoms with Gasteiger partial charge < -0.3 is 15.5 Å². The Balaban J connectivity index is 1.98. The molecule has 1 aromatic carbocycles. The van der Waals surface area contributed by atoms with Crippen LogP contribution in [0.15, 0.2) is 24.3 Å². The maximum Gasteiger partial charge on any atom is 0.319 e. The topological polar surface area (TPSA) is 64.7 Å². The van der Waals surface area contributed by atoms with Gasteiger partial charge >= 0.3 is 6.03 Å². The Morgan fingerprint density at radius 1 is 1.04 bits per heavy atom. The van der Waals surface area contributed by atoms with E-state index in [4.69, 9.17) is 0 Å². The Bertz CT molecular complexity index is 578. The van der Waals surface area contributed by atoms with E-state index in [2.05, 4.69) is 29.4 Å². The zero-order valence-electron chi connectivity index (χ0n) is 15.0. The Morgan fingerprint density at radius 3 is 2.29 bits per heavy atom. The minimum absolute atomic E-state index is 0.0197. The van der Waals surface area contributed by atoms with Gasteiger partial charge in [0.1, 0.15) is 0 Å². The van der Waals surface area contributed by atoms with Gasteiger partial charge in [0.2, 0.25) is 0 Å². The molecule has 0 unspecified atom stereocenters. The first-order valence-electron chi connectivity index (χ1n) is 8.57. The molecule has 1 saturated heterocycles. The maximum absolute atomic E-state index is 12.7. The van der Waals surface area contributed by atoms with Crippen LogP contribution in [0, 0.1) is 0 Å². The summed E-state index contributed by atoms with van der Waals surface area (Å²) in [4.78, 5) is 28.7. The molecule has 0 spiro atoms. The summed E-state index contributed by atoms with van der Waals surface area (Å²) in [6, 6.07) is 7.41. The fourth-order valence-electron chi connectivity index (χ4n) is 2.78. The van der Waals surface area contributed by atoms with Gasteiger partial charge in [-0.25, -0.2) is 4.79 Å². The number of urea groups is 1. The molecule has 1 heterocycles. The third-order valence-electron chi connectivity index (χ3n) is 4.12. The number of anilines is 1. The van der Waals surface area contributed by atoms with Gasteiger partial charge in [-0.3, -0.25) is 9.69 Å². The second-order valence-corrected chi connectivity index (χ2v) is 6.76. The Hall–Kier alpha value is -2.08. The van der Waals surface area contributed by atoms with Gasteiger partial charge in [0.25, 0.3) is 5.91 Å². The molecular formula is C18H28N4O2. The first-order chi connectivity index (χ1) is 11.4. The molecule has 6 heteroatoms. The van der Waals surface area contributed by atoms with Crippen molar-refractivity contribution in [2.45, 2.75) is 39.8 Å². The van der Waals surface area contributed by atoms with Crippen LogP contribution in [-0.2, 0) is 0 Å². The minimum atomic E-state index is -0.264. The Labute approximate surface area is 144 Å². The number of hydrogen-bond acceptors (Lipinski definition) is 3. The van der Waals surface area contributed by atoms with E-state index in [1.165, 1.54) is 0 Å². The van der Waals surface area contributed by atoms with E-state index >= 15 is 0 Å². The molecule has 3 amide bonds. The number of carbonyl (C=O) groups is 2. The second kappa shape index (κ2) is 8.15. The van der Waals surface area contributed by atoms with Crippen LogP contribution in [0.5, 0.6) is 0 Å². The predicted molar refractivity (Wildman–Crippen MR) is 96.3 cm³/mol. The number of nitrogens with zero attached hydrogens (tertiary/aromatic N) is 2. The van der Waals surface area contributed by atoms with Crippen LogP contribution in [0.4, 0.5) is 10.5 Å². The van der Waals surface area contributed by atoms with E-state index in [9.17, 15) is 9.59 Å². The monoisotopic (exact) mass is 332 g/mol. The lowest BCUT2D eigenvalue weighted by Crippen LogP contribution is -2.50. The standard InChI is InChI=1S/C18H28N4O2/c1-13(2)19-18(24)20-16-7-5-6-15(12-16)17(23)22-10-8-21(9-11-22)14(3)4/h5-7,12-14H,8-11H2,1-4H3,(H2,19,20,24). The van der Waals surface area contributed by atoms with Crippen LogP contribution in [0.3, 0.4) is 0 Å². The number of nitrogens with one attached hydrogen (secondary N) is 2. The van der Waals surface area contributed by atoms with Crippen LogP contribution < -0.4 is 10.6 Å². The fraction of sp³-hybridized carbons (Fsp3) is 0.556. The Kier molecular flexibility index (Phi) is 6.20. The highest BCUT2D eigenvalue weighted by Gasteiger charge is 2.23. The minimum Gasteiger partial charge on any atom is -0.336 e. The molecule has 0 aromatic heterocycles. The smallest absolute Gasteiger partial charge is 0.319 e. The molecule has 0 aliphatic carbocycles. The van der Waals surface area contributed by atoms with E-state index in [0.29, 0.717) is 17.3 Å². The van der Waals surface area contributed by atoms with Crippen molar-refractivity contribution < 1.29 is 9.59 Å². The van der Waals surface area contributed by atoms with Crippen molar-refractivity contribution in [2.24, 2.45) is 0 Å². The first-order valence-corrected chi connectivity index (χ1v) is 8.57. The molecule has 1 aliphatic heterocycles. The number of hydrogen-bond donors (Lipinski definition) is 2. The van der Waals surface area contributed by atoms with Crippen molar-refractivity contribution in [3.8, 4) is 0 Å². The van der Waals surface area contributed by atoms with Crippen LogP contribution in [0.2, 0.25) is 0 Å². The number of rotatable bonds is 4. The number of carbonyl (C=O) groups excluding carboxylic acids is 2. The Morgan fingerprint density at radius 2 is 1.71 bits per heavy atom. The maximum atomic E-state index is 12.7. The SMILES string of the molecule is CC(C)NC(=O)Nc1cccc(C(=O)N2CCN(C(C)C)CC2)c1. The van der Waals surface area contributed by atoms with E-state index in [-0.39, 0.29) is 18.0 Å². The zero-order chi connectivity index (χ0) is 17.7. The largest absolute Gasteiger partial charge is 0.336 e. The van der Waals surface area contributed by atoms with Gasteiger partial charge in [-0.1, -0.05) is 6.07 Å². The van der Waals surface area contributed by atoms with Crippen molar-refractivity contribution in [3.05, 3.63) is 29.8 Å². The molecular weight excluding hydrogens is 304 g/mol. The summed E-state index contributed by atoms with van der Waals surface area (Å²) in [5.74, 6) is 0.0197. The molecule has 0 atom stereocenters. The highest BCUT2D eigenvalue weighted by atomic mass is 16.2. The third kappa shape index (κ3) is 4.96. The fourth-order valence-corrected chi connectivity index (χ4v) is 2.78. The summed E-state index contributed by atoms with van der Waals surface area (Å²) >= 11 is 0. The number of amides is 3. The molecule has 0 bridgehead atoms. The normalized spacial score (nSPS) is 15.7. The van der Waals surface area contributed by atoms with Gasteiger partial charge in [-0.05, 0) is 45.9 Å². The molecule has 0 radical (unpaired) electrons. The summed E-state index contributed by atoms with van der Waals surface area (Å²) in [7, 11) is 0. The van der Waals surface area contributed by atoms with Crippen molar-refractivity contribution in [1.29, 1.82) is 0 Å². The summed E-state index contributed by atoms with van der Waals surface area (Å²) in [5, 5.41) is 5.53. The van der Waals surface area contributed by atoms with E-state index in [1.54, 1.807) is 24.3 Å². The van der Waals surface area contributed by atoms with Crippen LogP contribution >= 0.6 is 0 Å². The van der Waals surface area contributed by atoms with Crippen molar-refractivity contribution in [3.63, 3.8) is 0 Å². The second-order valence-electron chi connectivity index (χ2n) is 6.76. The van der Waals surface area contributed by atoms with Gasteiger partial charge in [0.15, 0.2) is 0 Å². The van der Waals surface area contributed by atoms with Gasteiger partial charge in [0.05, 0.1) is 0 Å². The van der Waals surface area contributed by atoms with Crippen molar-refractivity contribution in [2.75, 3.05) is 31.5 Å². The van der Waals surface area contributed by atoms with Crippen molar-refractivity contribution >= 4 is 17.6 Å². The zero-order valence-corrected chi connectivity index (χ0v) is 15.0. The highest BCUT2D eigenvalue weighted by Crippen LogP contribution is 2.15. The number of piperazine rings is 1. The lowest BCUT2D eigenvalue weighted by molar-refractivity contribution is 0.0595. The summed E-state index contributed by atoms with van der Waals surface area (Å²) < 4.78 is 0. The van der Waals surface area contributed by atoms with E-state index in [1.807, 2.05) is 18.7 Å². The predicted octanol–water partition coefficient (Wildman–Crippen LogP) is 2.38. The average Bonchev–Trinajstić information content (AvgIpc) is 2.53. The lowest BCUT2D eigenvalue weighted by atomic mass is 10.1. The third-order valence-corrected chi connectivity index (χ3v) is 4.12. The first kappa shape index (κ1) is 18.3. The van der Waals surface area contributed by atoms with Crippen LogP contribution in [-0.4, -0.2) is 60.0 Å². The molecule has 1 aromatic rings. The molecule has 1 fully saturated rings. The average molecular weight is 332 g/mol. The molecule has 2 rings (SSSR count). The molecule has 1 aliphatic rings. The lowest BCUT2D eigenvalue weighted by Gasteiger charge is -2.37. The van der Waals surface area contributed by atoms with E-state index < -0.39 is 0 Å². The summed E-state index contributed by atoms with van der Waals surface area (Å²) in [6.45, 7) is 11.4. The molecule has 24 heavy (non-hydrogen) atoms. The quantitative estimate of drug-likeness (QED) is 0.890. The van der Waals surface area contributed by atoms with Crippen LogP contribution in [0.25, 0.3) is 0 Å². The van der Waals surface area contributed by atoms with E-state index in [0.717, 1.165) is 26.2 Å². The van der Waals surface area contributed by atoms with Crippen molar-refractivity contribution in [1.82, 2.24) is 15.1 Å². The molecule has 0 saturated carbocycles. The number of benzene rings is 1.